The third-order valence-electron chi connectivity index (χ3n) is 21.4. The van der Waals surface area contributed by atoms with Crippen LogP contribution in [0.5, 0.6) is 0 Å². The Bertz CT molecular complexity index is 2050. The predicted molar refractivity (Wildman–Crippen MR) is 446 cm³/mol. The Labute approximate surface area is 664 Å². The van der Waals surface area contributed by atoms with Crippen molar-refractivity contribution in [1.29, 1.82) is 0 Å². The lowest BCUT2D eigenvalue weighted by atomic mass is 9.99. The smallest absolute Gasteiger partial charge is 0.462 e. The number of phosphoric ester groups is 2. The second kappa shape index (κ2) is 81.6. The third-order valence-corrected chi connectivity index (χ3v) is 23.3. The number of phosphoric acid groups is 2. The number of esters is 4. The summed E-state index contributed by atoms with van der Waals surface area (Å²) in [5.41, 5.74) is 0. The lowest BCUT2D eigenvalue weighted by Gasteiger charge is -2.21. The van der Waals surface area contributed by atoms with Gasteiger partial charge in [0.25, 0.3) is 0 Å². The van der Waals surface area contributed by atoms with Gasteiger partial charge < -0.3 is 33.8 Å². The van der Waals surface area contributed by atoms with Crippen molar-refractivity contribution in [2.45, 2.75) is 502 Å². The fourth-order valence-corrected chi connectivity index (χ4v) is 15.5. The molecule has 0 rings (SSSR count). The Hall–Kier alpha value is -1.94. The van der Waals surface area contributed by atoms with Gasteiger partial charge in [-0.2, -0.15) is 0 Å². The van der Waals surface area contributed by atoms with Gasteiger partial charge >= 0.3 is 39.5 Å². The molecule has 3 N–H and O–H groups in total. The molecule has 0 saturated carbocycles. The number of hydrogen-bond donors (Lipinski definition) is 3. The van der Waals surface area contributed by atoms with E-state index in [2.05, 4.69) is 34.6 Å². The first-order chi connectivity index (χ1) is 52.6. The average molecular weight is 1580 g/mol. The van der Waals surface area contributed by atoms with Crippen molar-refractivity contribution < 1.29 is 80.2 Å². The van der Waals surface area contributed by atoms with Gasteiger partial charge in [0.2, 0.25) is 0 Å². The van der Waals surface area contributed by atoms with Crippen LogP contribution in [0.15, 0.2) is 0 Å². The van der Waals surface area contributed by atoms with E-state index in [1.54, 1.807) is 0 Å². The molecule has 0 spiro atoms. The van der Waals surface area contributed by atoms with E-state index < -0.39 is 97.5 Å². The molecular weight excluding hydrogens is 1400 g/mol. The Morgan fingerprint density at radius 1 is 0.259 bits per heavy atom. The maximum atomic E-state index is 13.2. The molecule has 0 aliphatic carbocycles. The molecule has 17 nitrogen and oxygen atoms in total. The summed E-state index contributed by atoms with van der Waals surface area (Å²) in [6.07, 6.45) is 76.3. The van der Waals surface area contributed by atoms with Crippen LogP contribution in [0.3, 0.4) is 0 Å². The number of aliphatic hydroxyl groups is 1. The average Bonchev–Trinajstić information content (AvgIpc) is 0.900. The minimum Gasteiger partial charge on any atom is -0.462 e. The van der Waals surface area contributed by atoms with E-state index in [0.29, 0.717) is 25.7 Å². The van der Waals surface area contributed by atoms with Gasteiger partial charge in [-0.1, -0.05) is 433 Å². The summed E-state index contributed by atoms with van der Waals surface area (Å²) >= 11 is 0. The van der Waals surface area contributed by atoms with Crippen molar-refractivity contribution >= 4 is 39.5 Å². The first-order valence-electron chi connectivity index (χ1n) is 46.2. The molecule has 108 heavy (non-hydrogen) atoms. The first kappa shape index (κ1) is 106. The van der Waals surface area contributed by atoms with E-state index in [1.165, 1.54) is 308 Å². The molecule has 0 fully saturated rings. The summed E-state index contributed by atoms with van der Waals surface area (Å²) in [7, 11) is -9.93. The Kier molecular flexibility index (Phi) is 80.2. The van der Waals surface area contributed by atoms with Crippen LogP contribution < -0.4 is 0 Å². The zero-order valence-corrected chi connectivity index (χ0v) is 72.8. The summed E-state index contributed by atoms with van der Waals surface area (Å²) in [5.74, 6) is -1.24. The molecule has 6 atom stereocenters. The van der Waals surface area contributed by atoms with E-state index in [1.807, 2.05) is 0 Å². The molecule has 3 unspecified atom stereocenters. The molecule has 0 aromatic rings. The van der Waals surface area contributed by atoms with Crippen molar-refractivity contribution in [2.24, 2.45) is 5.92 Å². The second-order valence-electron chi connectivity index (χ2n) is 32.2. The molecule has 0 bridgehead atoms. The van der Waals surface area contributed by atoms with Crippen LogP contribution >= 0.6 is 15.6 Å². The van der Waals surface area contributed by atoms with E-state index in [4.69, 9.17) is 37.0 Å². The third kappa shape index (κ3) is 80.7. The highest BCUT2D eigenvalue weighted by atomic mass is 31.2. The van der Waals surface area contributed by atoms with Crippen molar-refractivity contribution in [3.63, 3.8) is 0 Å². The topological polar surface area (TPSA) is 237 Å². The van der Waals surface area contributed by atoms with Gasteiger partial charge in [-0.3, -0.25) is 37.3 Å². The maximum absolute atomic E-state index is 13.2. The fourth-order valence-electron chi connectivity index (χ4n) is 14.0. The normalized spacial score (nSPS) is 14.0. The molecule has 0 amide bonds. The summed E-state index contributed by atoms with van der Waals surface area (Å²) in [6.45, 7) is 7.44. The first-order valence-corrected chi connectivity index (χ1v) is 49.2. The minimum atomic E-state index is -4.97. The highest BCUT2D eigenvalue weighted by Gasteiger charge is 2.31. The highest BCUT2D eigenvalue weighted by molar-refractivity contribution is 7.47. The van der Waals surface area contributed by atoms with Gasteiger partial charge in [0, 0.05) is 25.7 Å². The van der Waals surface area contributed by atoms with E-state index in [9.17, 15) is 43.2 Å². The Morgan fingerprint density at radius 3 is 0.657 bits per heavy atom. The monoisotopic (exact) mass is 1580 g/mol. The predicted octanol–water partition coefficient (Wildman–Crippen LogP) is 27.5. The van der Waals surface area contributed by atoms with Gasteiger partial charge in [0.1, 0.15) is 19.3 Å². The summed E-state index contributed by atoms with van der Waals surface area (Å²) in [5, 5.41) is 10.7. The van der Waals surface area contributed by atoms with Crippen LogP contribution in [0.2, 0.25) is 0 Å². The zero-order valence-electron chi connectivity index (χ0n) is 71.0. The SMILES string of the molecule is CCCCCCCCCCCCCCCCCCCCCCCCC(=O)O[C@H](COC(=O)CCCCCCCCCCCCCCCCC(C)CC)COP(=O)(O)OC[C@@H](O)COP(=O)(O)OC[C@@H](COC(=O)CCCCCCCCCCCCCC)OC(=O)CCCCCCCCCCCCCCCCCC. The van der Waals surface area contributed by atoms with Gasteiger partial charge in [-0.15, -0.1) is 0 Å². The van der Waals surface area contributed by atoms with Crippen LogP contribution in [-0.2, 0) is 65.4 Å². The maximum Gasteiger partial charge on any atom is 0.472 e. The van der Waals surface area contributed by atoms with Crippen LogP contribution in [0.4, 0.5) is 0 Å². The van der Waals surface area contributed by atoms with Crippen LogP contribution in [-0.4, -0.2) is 96.7 Å². The van der Waals surface area contributed by atoms with Gasteiger partial charge in [0.05, 0.1) is 26.4 Å². The number of carbonyl (C=O) groups excluding carboxylic acids is 4. The van der Waals surface area contributed by atoms with E-state index >= 15 is 0 Å². The lowest BCUT2D eigenvalue weighted by molar-refractivity contribution is -0.161. The molecule has 642 valence electrons. The molecule has 0 aromatic heterocycles. The van der Waals surface area contributed by atoms with Gasteiger partial charge in [-0.25, -0.2) is 9.13 Å². The lowest BCUT2D eigenvalue weighted by Crippen LogP contribution is -2.30. The number of hydrogen-bond acceptors (Lipinski definition) is 15. The van der Waals surface area contributed by atoms with Gasteiger partial charge in [-0.05, 0) is 31.6 Å². The molecule has 19 heteroatoms. The molecule has 0 aliphatic rings. The van der Waals surface area contributed by atoms with E-state index in [0.717, 1.165) is 95.8 Å². The largest absolute Gasteiger partial charge is 0.472 e. The number of aliphatic hydroxyl groups excluding tert-OH is 1. The second-order valence-corrected chi connectivity index (χ2v) is 35.1. The van der Waals surface area contributed by atoms with Gasteiger partial charge in [0.15, 0.2) is 12.2 Å². The number of unbranched alkanes of at least 4 members (excludes halogenated alkanes) is 60. The van der Waals surface area contributed by atoms with Crippen molar-refractivity contribution in [3.8, 4) is 0 Å². The molecule has 0 aliphatic heterocycles. The van der Waals surface area contributed by atoms with Crippen LogP contribution in [0.1, 0.15) is 484 Å². The standard InChI is InChI=1S/C89H174O17P2/c1-6-10-13-16-19-22-25-28-30-32-33-34-35-36-37-39-45-50-55-60-65-70-75-89(94)106-85(79-100-87(92)73-68-63-58-53-48-43-41-40-42-46-51-56-61-66-71-82(5)9-4)81-104-108(97,98)102-77-83(90)76-101-107(95,96)103-80-84(78-99-86(91)72-67-62-57-52-47-27-24-21-18-15-12-8-3)105-88(93)74-69-64-59-54-49-44-38-31-29-26-23-20-17-14-11-7-2/h82-85,90H,6-81H2,1-5H3,(H,95,96)(H,97,98)/t82?,83-,84+,85+/m0/s1. The molecule has 0 heterocycles. The fraction of sp³-hybridized carbons (Fsp3) is 0.955. The quantitative estimate of drug-likeness (QED) is 0.0222. The number of rotatable bonds is 89. The number of ether oxygens (including phenoxy) is 4. The Balaban J connectivity index is 5.24. The van der Waals surface area contributed by atoms with Crippen LogP contribution in [0.25, 0.3) is 0 Å². The van der Waals surface area contributed by atoms with E-state index in [-0.39, 0.29) is 25.7 Å². The summed E-state index contributed by atoms with van der Waals surface area (Å²) in [4.78, 5) is 73.4. The Morgan fingerprint density at radius 2 is 0.444 bits per heavy atom. The number of carbonyl (C=O) groups is 4. The summed E-state index contributed by atoms with van der Waals surface area (Å²) < 4.78 is 69.0. The molecule has 0 radical (unpaired) electrons. The highest BCUT2D eigenvalue weighted by Crippen LogP contribution is 2.45. The summed E-state index contributed by atoms with van der Waals surface area (Å²) in [6, 6.07) is 0. The molecule has 0 aromatic carbocycles. The van der Waals surface area contributed by atoms with Crippen molar-refractivity contribution in [2.75, 3.05) is 39.6 Å². The zero-order chi connectivity index (χ0) is 79.0. The van der Waals surface area contributed by atoms with Crippen molar-refractivity contribution in [1.82, 2.24) is 0 Å². The molecular formula is C89H174O17P2. The molecule has 0 saturated heterocycles. The van der Waals surface area contributed by atoms with Crippen molar-refractivity contribution in [3.05, 3.63) is 0 Å². The minimum absolute atomic E-state index is 0.109. The van der Waals surface area contributed by atoms with Crippen LogP contribution in [0, 0.1) is 5.92 Å².